The summed E-state index contributed by atoms with van der Waals surface area (Å²) < 4.78 is 0. The summed E-state index contributed by atoms with van der Waals surface area (Å²) in [6, 6.07) is 0. The lowest BCUT2D eigenvalue weighted by Gasteiger charge is -2.10. The summed E-state index contributed by atoms with van der Waals surface area (Å²) in [6.07, 6.45) is 5.98. The quantitative estimate of drug-likeness (QED) is 0.707. The predicted octanol–water partition coefficient (Wildman–Crippen LogP) is 3.16. The molecule has 0 aliphatic carbocycles. The average molecular weight is 232 g/mol. The fourth-order valence-corrected chi connectivity index (χ4v) is 1.29. The van der Waals surface area contributed by atoms with Crippen LogP contribution in [-0.4, -0.2) is 22.2 Å². The Labute approximate surface area is 97.7 Å². The van der Waals surface area contributed by atoms with Crippen molar-refractivity contribution in [2.24, 2.45) is 5.92 Å². The van der Waals surface area contributed by atoms with Crippen LogP contribution >= 0.6 is 0 Å². The van der Waals surface area contributed by atoms with Crippen molar-refractivity contribution in [3.8, 4) is 0 Å². The molecular weight excluding hydrogens is 208 g/mol. The first-order valence-electron chi connectivity index (χ1n) is 5.87. The summed E-state index contributed by atoms with van der Waals surface area (Å²) in [5.74, 6) is -1.54. The number of aliphatic carboxylic acids is 2. The molecule has 0 bridgehead atoms. The van der Waals surface area contributed by atoms with Gasteiger partial charge in [0.25, 0.3) is 5.97 Å². The topological polar surface area (TPSA) is 74.6 Å². The van der Waals surface area contributed by atoms with Gasteiger partial charge in [0.05, 0.1) is 5.92 Å². The summed E-state index contributed by atoms with van der Waals surface area (Å²) in [6.45, 7) is 5.28. The third kappa shape index (κ3) is 15.4. The fraction of sp³-hybridized carbons (Fsp3) is 0.833. The van der Waals surface area contributed by atoms with Gasteiger partial charge in [-0.2, -0.15) is 0 Å². The zero-order valence-electron chi connectivity index (χ0n) is 10.5. The molecule has 0 aliphatic rings. The first-order valence-corrected chi connectivity index (χ1v) is 5.87. The van der Waals surface area contributed by atoms with E-state index in [9.17, 15) is 4.79 Å². The van der Waals surface area contributed by atoms with Gasteiger partial charge in [-0.05, 0) is 12.8 Å². The van der Waals surface area contributed by atoms with Gasteiger partial charge in [0.1, 0.15) is 0 Å². The lowest BCUT2D eigenvalue weighted by molar-refractivity contribution is -0.142. The maximum Gasteiger partial charge on any atom is 0.306 e. The van der Waals surface area contributed by atoms with Crippen LogP contribution in [0.4, 0.5) is 0 Å². The van der Waals surface area contributed by atoms with Crippen molar-refractivity contribution in [2.75, 3.05) is 0 Å². The highest BCUT2D eigenvalue weighted by atomic mass is 16.4. The van der Waals surface area contributed by atoms with Crippen LogP contribution in [0.5, 0.6) is 0 Å². The fourth-order valence-electron chi connectivity index (χ4n) is 1.29. The number of hydrogen-bond donors (Lipinski definition) is 2. The average Bonchev–Trinajstić information content (AvgIpc) is 2.16. The van der Waals surface area contributed by atoms with Crippen molar-refractivity contribution in [1.82, 2.24) is 0 Å². The number of rotatable bonds is 7. The van der Waals surface area contributed by atoms with Crippen LogP contribution < -0.4 is 0 Å². The highest BCUT2D eigenvalue weighted by molar-refractivity contribution is 5.69. The summed E-state index contributed by atoms with van der Waals surface area (Å²) in [5.41, 5.74) is 0. The molecule has 96 valence electrons. The normalized spacial score (nSPS) is 9.50. The zero-order chi connectivity index (χ0) is 13.0. The first kappa shape index (κ1) is 17.3. The third-order valence-corrected chi connectivity index (χ3v) is 2.16. The Balaban J connectivity index is 0. The van der Waals surface area contributed by atoms with E-state index in [1.807, 2.05) is 0 Å². The predicted molar refractivity (Wildman–Crippen MR) is 63.5 cm³/mol. The lowest BCUT2D eigenvalue weighted by Crippen LogP contribution is -2.13. The number of hydrogen-bond acceptors (Lipinski definition) is 2. The smallest absolute Gasteiger partial charge is 0.306 e. The number of carboxylic acid groups (broad SMARTS) is 2. The Hall–Kier alpha value is -1.06. The minimum Gasteiger partial charge on any atom is -0.481 e. The van der Waals surface area contributed by atoms with E-state index in [2.05, 4.69) is 13.8 Å². The molecule has 4 nitrogen and oxygen atoms in total. The number of carboxylic acids is 2. The van der Waals surface area contributed by atoms with Crippen LogP contribution in [0.25, 0.3) is 0 Å². The number of unbranched alkanes of at least 4 members (excludes halogenated alkanes) is 2. The summed E-state index contributed by atoms with van der Waals surface area (Å²) >= 11 is 0. The maximum absolute atomic E-state index is 10.7. The molecule has 0 fully saturated rings. The molecule has 0 spiro atoms. The molecule has 0 saturated heterocycles. The summed E-state index contributed by atoms with van der Waals surface area (Å²) in [4.78, 5) is 19.7. The van der Waals surface area contributed by atoms with Crippen LogP contribution in [0.2, 0.25) is 0 Å². The molecule has 0 unspecified atom stereocenters. The van der Waals surface area contributed by atoms with Gasteiger partial charge < -0.3 is 10.2 Å². The Morgan fingerprint density at radius 1 is 1.00 bits per heavy atom. The molecule has 0 radical (unpaired) electrons. The lowest BCUT2D eigenvalue weighted by atomic mass is 9.96. The molecule has 0 aromatic rings. The van der Waals surface area contributed by atoms with Gasteiger partial charge in [0.15, 0.2) is 0 Å². The Bertz CT molecular complexity index is 177. The van der Waals surface area contributed by atoms with Crippen molar-refractivity contribution < 1.29 is 19.8 Å². The van der Waals surface area contributed by atoms with E-state index in [1.54, 1.807) is 0 Å². The molecule has 0 aromatic heterocycles. The summed E-state index contributed by atoms with van der Waals surface area (Å²) in [5, 5.41) is 16.2. The van der Waals surface area contributed by atoms with Crippen molar-refractivity contribution >= 4 is 11.9 Å². The monoisotopic (exact) mass is 232 g/mol. The largest absolute Gasteiger partial charge is 0.481 e. The Kier molecular flexibility index (Phi) is 13.0. The third-order valence-electron chi connectivity index (χ3n) is 2.16. The van der Waals surface area contributed by atoms with Gasteiger partial charge in [-0.3, -0.25) is 9.59 Å². The second-order valence-electron chi connectivity index (χ2n) is 3.84. The van der Waals surface area contributed by atoms with Gasteiger partial charge in [0.2, 0.25) is 0 Å². The van der Waals surface area contributed by atoms with E-state index in [4.69, 9.17) is 15.0 Å². The Morgan fingerprint density at radius 2 is 1.31 bits per heavy atom. The molecule has 16 heavy (non-hydrogen) atoms. The van der Waals surface area contributed by atoms with Gasteiger partial charge in [-0.15, -0.1) is 0 Å². The molecule has 2 N–H and O–H groups in total. The van der Waals surface area contributed by atoms with E-state index in [0.29, 0.717) is 0 Å². The molecule has 4 heteroatoms. The molecule has 0 aliphatic heterocycles. The maximum atomic E-state index is 10.7. The van der Waals surface area contributed by atoms with Gasteiger partial charge in [0, 0.05) is 6.92 Å². The van der Waals surface area contributed by atoms with Crippen LogP contribution in [-0.2, 0) is 9.59 Å². The molecule has 0 saturated carbocycles. The van der Waals surface area contributed by atoms with E-state index >= 15 is 0 Å². The van der Waals surface area contributed by atoms with Crippen molar-refractivity contribution in [3.05, 3.63) is 0 Å². The van der Waals surface area contributed by atoms with Gasteiger partial charge in [-0.1, -0.05) is 39.5 Å². The standard InChI is InChI=1S/C10H20O2.C2H4O2/c1-3-5-7-9(10(11)12)8-6-4-2;1-2(3)4/h9H,3-8H2,1-2H3,(H,11,12);1H3,(H,3,4). The minimum atomic E-state index is -0.833. The van der Waals surface area contributed by atoms with E-state index in [1.165, 1.54) is 0 Å². The molecule has 0 aromatic carbocycles. The minimum absolute atomic E-state index is 0.0927. The molecule has 0 rings (SSSR count). The zero-order valence-corrected chi connectivity index (χ0v) is 10.5. The van der Waals surface area contributed by atoms with Crippen LogP contribution in [0.15, 0.2) is 0 Å². The van der Waals surface area contributed by atoms with Crippen molar-refractivity contribution in [1.29, 1.82) is 0 Å². The Morgan fingerprint density at radius 3 is 1.50 bits per heavy atom. The van der Waals surface area contributed by atoms with E-state index < -0.39 is 11.9 Å². The van der Waals surface area contributed by atoms with Gasteiger partial charge in [-0.25, -0.2) is 0 Å². The molecule has 0 amide bonds. The second-order valence-corrected chi connectivity index (χ2v) is 3.84. The van der Waals surface area contributed by atoms with Crippen LogP contribution in [0.1, 0.15) is 59.3 Å². The molecule has 0 atom stereocenters. The van der Waals surface area contributed by atoms with Gasteiger partial charge >= 0.3 is 5.97 Å². The summed E-state index contributed by atoms with van der Waals surface area (Å²) in [7, 11) is 0. The van der Waals surface area contributed by atoms with E-state index in [0.717, 1.165) is 45.4 Å². The van der Waals surface area contributed by atoms with Crippen molar-refractivity contribution in [2.45, 2.75) is 59.3 Å². The molecule has 0 heterocycles. The highest BCUT2D eigenvalue weighted by Crippen LogP contribution is 2.15. The van der Waals surface area contributed by atoms with E-state index in [-0.39, 0.29) is 5.92 Å². The highest BCUT2D eigenvalue weighted by Gasteiger charge is 2.15. The van der Waals surface area contributed by atoms with Crippen molar-refractivity contribution in [3.63, 3.8) is 0 Å². The first-order chi connectivity index (χ1) is 7.45. The molecular formula is C12H24O4. The number of carbonyl (C=O) groups is 2. The second kappa shape index (κ2) is 12.0. The SMILES string of the molecule is CC(=O)O.CCCCC(CCCC)C(=O)O. The van der Waals surface area contributed by atoms with Crippen LogP contribution in [0.3, 0.4) is 0 Å². The van der Waals surface area contributed by atoms with Crippen LogP contribution in [0, 0.1) is 5.92 Å².